The number of ether oxygens (including phenoxy) is 3. The van der Waals surface area contributed by atoms with Crippen LogP contribution < -0.4 is 9.47 Å². The van der Waals surface area contributed by atoms with E-state index in [0.29, 0.717) is 23.5 Å². The van der Waals surface area contributed by atoms with E-state index in [1.165, 1.54) is 0 Å². The molecule has 1 aromatic heterocycles. The first-order valence-corrected chi connectivity index (χ1v) is 8.40. The first kappa shape index (κ1) is 19.6. The van der Waals surface area contributed by atoms with Gasteiger partial charge in [0.2, 0.25) is 5.78 Å². The average Bonchev–Trinajstić information content (AvgIpc) is 2.91. The van der Waals surface area contributed by atoms with Crippen molar-refractivity contribution in [2.24, 2.45) is 7.05 Å². The van der Waals surface area contributed by atoms with Gasteiger partial charge in [-0.2, -0.15) is 0 Å². The SMILES string of the molecule is COc1ccc(CCC(=O)OCC(=O)c2cc(C)n(C)c2C)cc1OC. The summed E-state index contributed by atoms with van der Waals surface area (Å²) in [5.74, 6) is 0.658. The van der Waals surface area contributed by atoms with Gasteiger partial charge in [0.25, 0.3) is 0 Å². The number of rotatable bonds is 8. The normalized spacial score (nSPS) is 10.5. The second-order valence-corrected chi connectivity index (χ2v) is 6.12. The lowest BCUT2D eigenvalue weighted by Gasteiger charge is -2.09. The Labute approximate surface area is 153 Å². The molecule has 0 spiro atoms. The van der Waals surface area contributed by atoms with E-state index in [0.717, 1.165) is 17.0 Å². The van der Waals surface area contributed by atoms with Crippen molar-refractivity contribution in [1.82, 2.24) is 4.57 Å². The Kier molecular flexibility index (Phi) is 6.44. The number of hydrogen-bond donors (Lipinski definition) is 0. The molecule has 0 unspecified atom stereocenters. The van der Waals surface area contributed by atoms with Crippen molar-refractivity contribution >= 4 is 11.8 Å². The fraction of sp³-hybridized carbons (Fsp3) is 0.400. The molecule has 0 bridgehead atoms. The van der Waals surface area contributed by atoms with E-state index < -0.39 is 5.97 Å². The maximum absolute atomic E-state index is 12.2. The van der Waals surface area contributed by atoms with E-state index in [1.54, 1.807) is 20.3 Å². The van der Waals surface area contributed by atoms with Gasteiger partial charge in [-0.1, -0.05) is 6.07 Å². The number of nitrogens with zero attached hydrogens (tertiary/aromatic N) is 1. The number of esters is 1. The molecule has 1 aromatic carbocycles. The maximum atomic E-state index is 12.2. The fourth-order valence-corrected chi connectivity index (χ4v) is 2.72. The maximum Gasteiger partial charge on any atom is 0.306 e. The van der Waals surface area contributed by atoms with E-state index >= 15 is 0 Å². The molecule has 0 radical (unpaired) electrons. The van der Waals surface area contributed by atoms with Crippen LogP contribution in [0.2, 0.25) is 0 Å². The van der Waals surface area contributed by atoms with E-state index in [1.807, 2.05) is 43.7 Å². The first-order chi connectivity index (χ1) is 12.4. The van der Waals surface area contributed by atoms with Gasteiger partial charge in [-0.15, -0.1) is 0 Å². The molecule has 0 amide bonds. The summed E-state index contributed by atoms with van der Waals surface area (Å²) >= 11 is 0. The van der Waals surface area contributed by atoms with Crippen molar-refractivity contribution in [3.05, 3.63) is 46.8 Å². The molecule has 2 aromatic rings. The molecule has 0 atom stereocenters. The zero-order valence-corrected chi connectivity index (χ0v) is 15.9. The Balaban J connectivity index is 1.87. The van der Waals surface area contributed by atoms with Crippen molar-refractivity contribution in [2.45, 2.75) is 26.7 Å². The molecular formula is C20H25NO5. The molecule has 140 valence electrons. The third kappa shape index (κ3) is 4.45. The number of aromatic nitrogens is 1. The molecule has 2 rings (SSSR count). The van der Waals surface area contributed by atoms with Gasteiger partial charge in [0.05, 0.1) is 14.2 Å². The van der Waals surface area contributed by atoms with Crippen LogP contribution >= 0.6 is 0 Å². The Morgan fingerprint density at radius 3 is 2.31 bits per heavy atom. The highest BCUT2D eigenvalue weighted by Gasteiger charge is 2.16. The monoisotopic (exact) mass is 359 g/mol. The van der Waals surface area contributed by atoms with Gasteiger partial charge in [-0.3, -0.25) is 9.59 Å². The third-order valence-electron chi connectivity index (χ3n) is 4.51. The molecule has 0 aliphatic carbocycles. The number of benzene rings is 1. The molecule has 6 heteroatoms. The molecule has 0 saturated heterocycles. The summed E-state index contributed by atoms with van der Waals surface area (Å²) in [5, 5.41) is 0. The lowest BCUT2D eigenvalue weighted by Crippen LogP contribution is -2.15. The van der Waals surface area contributed by atoms with Crippen molar-refractivity contribution < 1.29 is 23.8 Å². The molecule has 1 heterocycles. The van der Waals surface area contributed by atoms with Crippen molar-refractivity contribution in [3.63, 3.8) is 0 Å². The topological polar surface area (TPSA) is 66.8 Å². The molecule has 0 N–H and O–H groups in total. The Bertz CT molecular complexity index is 807. The lowest BCUT2D eigenvalue weighted by atomic mass is 10.1. The van der Waals surface area contributed by atoms with Crippen molar-refractivity contribution in [2.75, 3.05) is 20.8 Å². The van der Waals surface area contributed by atoms with Gasteiger partial charge in [0, 0.05) is 30.4 Å². The van der Waals surface area contributed by atoms with E-state index in [9.17, 15) is 9.59 Å². The molecule has 26 heavy (non-hydrogen) atoms. The molecular weight excluding hydrogens is 334 g/mol. The summed E-state index contributed by atoms with van der Waals surface area (Å²) in [4.78, 5) is 24.2. The largest absolute Gasteiger partial charge is 0.493 e. The van der Waals surface area contributed by atoms with Crippen LogP contribution in [0, 0.1) is 13.8 Å². The van der Waals surface area contributed by atoms with E-state index in [2.05, 4.69) is 0 Å². The van der Waals surface area contributed by atoms with Gasteiger partial charge < -0.3 is 18.8 Å². The average molecular weight is 359 g/mol. The van der Waals surface area contributed by atoms with Gasteiger partial charge in [-0.25, -0.2) is 0 Å². The summed E-state index contributed by atoms with van der Waals surface area (Å²) in [6.45, 7) is 3.56. The van der Waals surface area contributed by atoms with Crippen LogP contribution in [0.5, 0.6) is 11.5 Å². The van der Waals surface area contributed by atoms with Gasteiger partial charge in [0.15, 0.2) is 18.1 Å². The molecule has 0 aliphatic rings. The van der Waals surface area contributed by atoms with Gasteiger partial charge >= 0.3 is 5.97 Å². The summed E-state index contributed by atoms with van der Waals surface area (Å²) in [6, 6.07) is 7.31. The van der Waals surface area contributed by atoms with E-state index in [-0.39, 0.29) is 18.8 Å². The van der Waals surface area contributed by atoms with Crippen LogP contribution in [0.15, 0.2) is 24.3 Å². The van der Waals surface area contributed by atoms with Crippen LogP contribution in [-0.4, -0.2) is 37.1 Å². The van der Waals surface area contributed by atoms with Crippen molar-refractivity contribution in [1.29, 1.82) is 0 Å². The quantitative estimate of drug-likeness (QED) is 0.535. The Morgan fingerprint density at radius 2 is 1.73 bits per heavy atom. The van der Waals surface area contributed by atoms with Crippen LogP contribution in [0.25, 0.3) is 0 Å². The smallest absolute Gasteiger partial charge is 0.306 e. The predicted molar refractivity (Wildman–Crippen MR) is 98.0 cm³/mol. The summed E-state index contributed by atoms with van der Waals surface area (Å²) in [7, 11) is 5.03. The summed E-state index contributed by atoms with van der Waals surface area (Å²) < 4.78 is 17.5. The summed E-state index contributed by atoms with van der Waals surface area (Å²) in [6.07, 6.45) is 0.687. The minimum Gasteiger partial charge on any atom is -0.493 e. The van der Waals surface area contributed by atoms with Crippen LogP contribution in [0.4, 0.5) is 0 Å². The number of hydrogen-bond acceptors (Lipinski definition) is 5. The Hall–Kier alpha value is -2.76. The standard InChI is InChI=1S/C20H25NO5/c1-13-10-16(14(2)21(13)3)17(22)12-26-20(23)9-7-15-6-8-18(24-4)19(11-15)25-5/h6,8,10-11H,7,9,12H2,1-5H3. The minimum absolute atomic E-state index is 0.189. The Morgan fingerprint density at radius 1 is 1.04 bits per heavy atom. The van der Waals surface area contributed by atoms with Crippen LogP contribution in [0.3, 0.4) is 0 Å². The zero-order valence-electron chi connectivity index (χ0n) is 15.9. The first-order valence-electron chi connectivity index (χ1n) is 8.40. The highest BCUT2D eigenvalue weighted by Crippen LogP contribution is 2.28. The van der Waals surface area contributed by atoms with Crippen LogP contribution in [-0.2, 0) is 23.0 Å². The second kappa shape index (κ2) is 8.56. The number of carbonyl (C=O) groups is 2. The predicted octanol–water partition coefficient (Wildman–Crippen LogP) is 3.02. The number of aryl methyl sites for hydroxylation is 2. The molecule has 0 fully saturated rings. The third-order valence-corrected chi connectivity index (χ3v) is 4.51. The number of carbonyl (C=O) groups excluding carboxylic acids is 2. The molecule has 0 aliphatic heterocycles. The lowest BCUT2D eigenvalue weighted by molar-refractivity contribution is -0.142. The van der Waals surface area contributed by atoms with Gasteiger partial charge in [0.1, 0.15) is 0 Å². The number of methoxy groups -OCH3 is 2. The highest BCUT2D eigenvalue weighted by molar-refractivity contribution is 5.99. The molecule has 0 saturated carbocycles. The molecule has 6 nitrogen and oxygen atoms in total. The van der Waals surface area contributed by atoms with Crippen LogP contribution in [0.1, 0.15) is 33.7 Å². The van der Waals surface area contributed by atoms with Crippen molar-refractivity contribution in [3.8, 4) is 11.5 Å². The van der Waals surface area contributed by atoms with E-state index in [4.69, 9.17) is 14.2 Å². The van der Waals surface area contributed by atoms with Gasteiger partial charge in [-0.05, 0) is 44.0 Å². The summed E-state index contributed by atoms with van der Waals surface area (Å²) in [5.41, 5.74) is 3.39. The second-order valence-electron chi connectivity index (χ2n) is 6.12. The number of ketones is 1. The fourth-order valence-electron chi connectivity index (χ4n) is 2.72. The number of Topliss-reactive ketones (excluding diaryl/α,β-unsaturated/α-hetero) is 1. The highest BCUT2D eigenvalue weighted by atomic mass is 16.5. The minimum atomic E-state index is -0.404. The zero-order chi connectivity index (χ0) is 19.3.